The van der Waals surface area contributed by atoms with Gasteiger partial charge in [-0.2, -0.15) is 0 Å². The number of rotatable bonds is 8. The van der Waals surface area contributed by atoms with E-state index in [1.54, 1.807) is 0 Å². The topological polar surface area (TPSA) is 34.1 Å². The van der Waals surface area contributed by atoms with Crippen LogP contribution in [0.5, 0.6) is 0 Å². The first-order valence-corrected chi connectivity index (χ1v) is 7.88. The molecule has 3 nitrogen and oxygen atoms in total. The Labute approximate surface area is 145 Å². The quantitative estimate of drug-likeness (QED) is 0.697. The number of ketones is 2. The largest absolute Gasteiger partial charge is 0.316 e. The lowest BCUT2D eigenvalue weighted by Crippen LogP contribution is -2.48. The van der Waals surface area contributed by atoms with Gasteiger partial charge in [0.15, 0.2) is 11.6 Å². The highest BCUT2D eigenvalue weighted by atomic mass is 16.1. The number of carbonyl (C=O) groups is 2. The second-order valence-electron chi connectivity index (χ2n) is 6.65. The number of Topliss-reactive ketones (excluding diaryl/α,β-unsaturated/α-hetero) is 2. The van der Waals surface area contributed by atoms with Crippen LogP contribution in [-0.2, 0) is 22.4 Å². The average Bonchev–Trinajstić information content (AvgIpc) is 2.47. The van der Waals surface area contributed by atoms with Crippen molar-refractivity contribution in [1.82, 2.24) is 0 Å². The van der Waals surface area contributed by atoms with Gasteiger partial charge < -0.3 is 4.48 Å². The van der Waals surface area contributed by atoms with Gasteiger partial charge in [-0.15, -0.1) is 0 Å². The van der Waals surface area contributed by atoms with Crippen molar-refractivity contribution in [3.63, 3.8) is 0 Å². The highest BCUT2D eigenvalue weighted by molar-refractivity contribution is 5.84. The summed E-state index contributed by atoms with van der Waals surface area (Å²) in [5.41, 5.74) is 2.04. The van der Waals surface area contributed by atoms with Gasteiger partial charge in [0.25, 0.3) is 0 Å². The lowest BCUT2D eigenvalue weighted by atomic mass is 10.1. The number of hydrogen-bond donors (Lipinski definition) is 0. The van der Waals surface area contributed by atoms with Crippen LogP contribution < -0.4 is 0 Å². The second-order valence-corrected chi connectivity index (χ2v) is 6.65. The zero-order valence-electron chi connectivity index (χ0n) is 13.9. The smallest absolute Gasteiger partial charge is 0.191 e. The molecule has 0 unspecified atom stereocenters. The maximum atomic E-state index is 12.2. The molecule has 0 aliphatic heterocycles. The number of quaternary nitrogens is 1. The van der Waals surface area contributed by atoms with E-state index in [0.717, 1.165) is 11.1 Å². The molecular weight excluding hydrogens is 298 g/mol. The van der Waals surface area contributed by atoms with Crippen LogP contribution in [0.3, 0.4) is 0 Å². The van der Waals surface area contributed by atoms with Gasteiger partial charge in [-0.3, -0.25) is 9.59 Å². The molecular formula is C21H28NO2+. The van der Waals surface area contributed by atoms with E-state index in [4.69, 9.17) is 0 Å². The van der Waals surface area contributed by atoms with E-state index in [-0.39, 0.29) is 19.0 Å². The molecule has 2 rings (SSSR count). The Hall–Kier alpha value is -2.26. The Kier molecular flexibility index (Phi) is 7.53. The SMILES string of the molecule is C.C[N+](C)(CC(=O)Cc1ccccc1)CC(=O)Cc1ccccc1. The summed E-state index contributed by atoms with van der Waals surface area (Å²) < 4.78 is 0.400. The molecule has 0 atom stereocenters. The van der Waals surface area contributed by atoms with E-state index in [1.165, 1.54) is 0 Å². The molecule has 128 valence electrons. The number of nitrogens with zero attached hydrogens (tertiary/aromatic N) is 1. The summed E-state index contributed by atoms with van der Waals surface area (Å²) in [5, 5.41) is 0. The fourth-order valence-corrected chi connectivity index (χ4v) is 2.77. The second kappa shape index (κ2) is 9.14. The summed E-state index contributed by atoms with van der Waals surface area (Å²) in [5.74, 6) is 0.322. The molecule has 0 aliphatic carbocycles. The molecule has 0 heterocycles. The third-order valence-electron chi connectivity index (χ3n) is 3.70. The fraction of sp³-hybridized carbons (Fsp3) is 0.333. The number of likely N-dealkylation sites (N-methyl/N-ethyl adjacent to an activating group) is 1. The van der Waals surface area contributed by atoms with E-state index in [1.807, 2.05) is 74.8 Å². The minimum Gasteiger partial charge on any atom is -0.316 e. The van der Waals surface area contributed by atoms with Gasteiger partial charge in [0.2, 0.25) is 0 Å². The molecule has 3 heteroatoms. The summed E-state index contributed by atoms with van der Waals surface area (Å²) in [4.78, 5) is 24.5. The van der Waals surface area contributed by atoms with Gasteiger partial charge in [-0.25, -0.2) is 0 Å². The van der Waals surface area contributed by atoms with Crippen LogP contribution in [0.1, 0.15) is 18.6 Å². The van der Waals surface area contributed by atoms with Crippen LogP contribution >= 0.6 is 0 Å². The fourth-order valence-electron chi connectivity index (χ4n) is 2.77. The lowest BCUT2D eigenvalue weighted by Gasteiger charge is -2.28. The first-order chi connectivity index (χ1) is 10.9. The zero-order valence-corrected chi connectivity index (χ0v) is 13.9. The van der Waals surface area contributed by atoms with Crippen molar-refractivity contribution < 1.29 is 14.1 Å². The van der Waals surface area contributed by atoms with E-state index in [9.17, 15) is 9.59 Å². The normalized spacial score (nSPS) is 10.8. The van der Waals surface area contributed by atoms with Crippen molar-refractivity contribution in [3.05, 3.63) is 71.8 Å². The summed E-state index contributed by atoms with van der Waals surface area (Å²) in [6, 6.07) is 19.5. The van der Waals surface area contributed by atoms with Crippen molar-refractivity contribution >= 4 is 11.6 Å². The Morgan fingerprint density at radius 2 is 1.04 bits per heavy atom. The number of hydrogen-bond acceptors (Lipinski definition) is 2. The average molecular weight is 326 g/mol. The van der Waals surface area contributed by atoms with Crippen LogP contribution in [0.15, 0.2) is 60.7 Å². The predicted octanol–water partition coefficient (Wildman–Crippen LogP) is 3.32. The highest BCUT2D eigenvalue weighted by Crippen LogP contribution is 2.06. The molecule has 24 heavy (non-hydrogen) atoms. The maximum absolute atomic E-state index is 12.2. The van der Waals surface area contributed by atoms with Crippen molar-refractivity contribution in [2.45, 2.75) is 20.3 Å². The summed E-state index contributed by atoms with van der Waals surface area (Å²) in [6.07, 6.45) is 0.852. The number of benzene rings is 2. The van der Waals surface area contributed by atoms with Gasteiger partial charge in [-0.05, 0) is 11.1 Å². The Bertz CT molecular complexity index is 591. The standard InChI is InChI=1S/C20H24NO2.CH4/c1-21(2,15-19(22)13-17-9-5-3-6-10-17)16-20(23)14-18-11-7-4-8-12-18;/h3-12H,13-16H2,1-2H3;1H4/q+1;. The Balaban J connectivity index is 0.00000288. The van der Waals surface area contributed by atoms with Crippen LogP contribution in [-0.4, -0.2) is 43.2 Å². The molecule has 2 aromatic rings. The number of carbonyl (C=O) groups excluding carboxylic acids is 2. The highest BCUT2D eigenvalue weighted by Gasteiger charge is 2.23. The molecule has 0 N–H and O–H groups in total. The molecule has 0 radical (unpaired) electrons. The lowest BCUT2D eigenvalue weighted by molar-refractivity contribution is -0.874. The van der Waals surface area contributed by atoms with Gasteiger partial charge in [0.1, 0.15) is 13.1 Å². The van der Waals surface area contributed by atoms with Crippen molar-refractivity contribution in [1.29, 1.82) is 0 Å². The molecule has 0 bridgehead atoms. The van der Waals surface area contributed by atoms with E-state index >= 15 is 0 Å². The maximum Gasteiger partial charge on any atom is 0.191 e. The van der Waals surface area contributed by atoms with Crippen molar-refractivity contribution in [3.8, 4) is 0 Å². The molecule has 0 aromatic heterocycles. The van der Waals surface area contributed by atoms with Gasteiger partial charge in [0.05, 0.1) is 14.1 Å². The van der Waals surface area contributed by atoms with Crippen LogP contribution in [0.4, 0.5) is 0 Å². The first kappa shape index (κ1) is 19.8. The van der Waals surface area contributed by atoms with Gasteiger partial charge in [-0.1, -0.05) is 68.1 Å². The third kappa shape index (κ3) is 6.88. The minimum absolute atomic E-state index is 0. The molecule has 0 saturated heterocycles. The van der Waals surface area contributed by atoms with Crippen LogP contribution in [0, 0.1) is 0 Å². The van der Waals surface area contributed by atoms with Crippen molar-refractivity contribution in [2.75, 3.05) is 27.2 Å². The van der Waals surface area contributed by atoms with Gasteiger partial charge in [0, 0.05) is 12.8 Å². The van der Waals surface area contributed by atoms with Crippen LogP contribution in [0.2, 0.25) is 0 Å². The Morgan fingerprint density at radius 3 is 1.38 bits per heavy atom. The van der Waals surface area contributed by atoms with E-state index in [0.29, 0.717) is 30.4 Å². The van der Waals surface area contributed by atoms with Gasteiger partial charge >= 0.3 is 0 Å². The third-order valence-corrected chi connectivity index (χ3v) is 3.70. The molecule has 0 spiro atoms. The molecule has 0 aliphatic rings. The van der Waals surface area contributed by atoms with E-state index < -0.39 is 0 Å². The molecule has 0 fully saturated rings. The van der Waals surface area contributed by atoms with Crippen molar-refractivity contribution in [2.24, 2.45) is 0 Å². The van der Waals surface area contributed by atoms with E-state index in [2.05, 4.69) is 0 Å². The molecule has 0 saturated carbocycles. The Morgan fingerprint density at radius 1 is 0.708 bits per heavy atom. The minimum atomic E-state index is 0. The zero-order chi connectivity index (χ0) is 16.7. The van der Waals surface area contributed by atoms with Crippen LogP contribution in [0.25, 0.3) is 0 Å². The first-order valence-electron chi connectivity index (χ1n) is 7.88. The monoisotopic (exact) mass is 326 g/mol. The molecule has 2 aromatic carbocycles. The summed E-state index contributed by atoms with van der Waals surface area (Å²) >= 11 is 0. The predicted molar refractivity (Wildman–Crippen MR) is 98.9 cm³/mol. The summed E-state index contributed by atoms with van der Waals surface area (Å²) in [6.45, 7) is 0.741. The molecule has 0 amide bonds. The summed E-state index contributed by atoms with van der Waals surface area (Å²) in [7, 11) is 3.87.